The summed E-state index contributed by atoms with van der Waals surface area (Å²) < 4.78 is 74.1. The highest BCUT2D eigenvalue weighted by Crippen LogP contribution is 2.34. The highest BCUT2D eigenvalue weighted by atomic mass is 32.3. The van der Waals surface area contributed by atoms with E-state index in [1.807, 2.05) is 0 Å². The van der Waals surface area contributed by atoms with Crippen molar-refractivity contribution in [2.24, 2.45) is 0 Å². The summed E-state index contributed by atoms with van der Waals surface area (Å²) in [5.74, 6) is -1.54. The van der Waals surface area contributed by atoms with E-state index in [4.69, 9.17) is 37.7 Å². The summed E-state index contributed by atoms with van der Waals surface area (Å²) in [5, 5.41) is 121. The Morgan fingerprint density at radius 2 is 1.02 bits per heavy atom. The van der Waals surface area contributed by atoms with Gasteiger partial charge < -0.3 is 100.0 Å². The summed E-state index contributed by atoms with van der Waals surface area (Å²) in [6, 6.07) is -3.24. The summed E-state index contributed by atoms with van der Waals surface area (Å²) in [6.07, 6.45) is -33.6. The molecule has 4 rings (SSSR count). The number of carbonyl (C=O) groups is 2. The number of hydrogen-bond donors (Lipinski definition) is 14. The first-order chi connectivity index (χ1) is 25.7. The van der Waals surface area contributed by atoms with Crippen LogP contribution in [0.1, 0.15) is 13.8 Å². The second kappa shape index (κ2) is 19.2. The molecule has 0 bridgehead atoms. The largest absolute Gasteiger partial charge is 0.397 e. The van der Waals surface area contributed by atoms with Crippen LogP contribution in [0.15, 0.2) is 0 Å². The number of rotatable bonds is 14. The minimum Gasteiger partial charge on any atom is -0.394 e. The number of ether oxygens (including phenoxy) is 7. The lowest BCUT2D eigenvalue weighted by molar-refractivity contribution is -0.375. The molecule has 20 atom stereocenters. The Bertz CT molecular complexity index is 1380. The van der Waals surface area contributed by atoms with Gasteiger partial charge >= 0.3 is 10.4 Å². The van der Waals surface area contributed by atoms with Gasteiger partial charge in [0, 0.05) is 13.8 Å². The van der Waals surface area contributed by atoms with Crippen LogP contribution in [0.5, 0.6) is 0 Å². The van der Waals surface area contributed by atoms with E-state index in [-0.39, 0.29) is 0 Å². The van der Waals surface area contributed by atoms with Crippen molar-refractivity contribution in [3.63, 3.8) is 0 Å². The Balaban J connectivity index is 1.58. The fraction of sp³-hybridized carbons (Fsp3) is 0.929. The quantitative estimate of drug-likeness (QED) is 0.0723. The van der Waals surface area contributed by atoms with Crippen LogP contribution in [0.3, 0.4) is 0 Å². The van der Waals surface area contributed by atoms with Crippen molar-refractivity contribution in [3.8, 4) is 0 Å². The Morgan fingerprint density at radius 3 is 1.58 bits per heavy atom. The molecule has 26 nitrogen and oxygen atoms in total. The van der Waals surface area contributed by atoms with Gasteiger partial charge in [0.1, 0.15) is 97.5 Å². The summed E-state index contributed by atoms with van der Waals surface area (Å²) in [4.78, 5) is 24.2. The molecule has 2 amide bonds. The van der Waals surface area contributed by atoms with Crippen LogP contribution in [-0.2, 0) is 57.3 Å². The zero-order valence-electron chi connectivity index (χ0n) is 29.0. The SMILES string of the molecule is CC(=O)N[C@H]1[C@H](O[C@H]2[C@@H](O)[C@@H](CO)O[C@@H](O[C@H]3[C@@H](O)[C@@H](CO)OC(O)[C@@H]3NC(C)=O)[C@@H]2O)O[C@H](CO)[C@@H](O[C@@H]2O[C@H](COS(=O)(=O)O)[C@H](O)[C@H](O)[C@H]2O)[C@@H]1O. The number of hydrogen-bond acceptors (Lipinski definition) is 23. The van der Waals surface area contributed by atoms with Gasteiger partial charge in [0.15, 0.2) is 25.2 Å². The Labute approximate surface area is 311 Å². The molecular weight excluding hydrogens is 780 g/mol. The van der Waals surface area contributed by atoms with E-state index < -0.39 is 171 Å². The number of aliphatic hydroxyl groups is 11. The maximum absolute atomic E-state index is 12.3. The lowest BCUT2D eigenvalue weighted by atomic mass is 9.94. The molecule has 55 heavy (non-hydrogen) atoms. The van der Waals surface area contributed by atoms with E-state index in [2.05, 4.69) is 14.8 Å². The molecule has 0 saturated carbocycles. The van der Waals surface area contributed by atoms with Crippen LogP contribution in [-0.4, -0.2) is 230 Å². The Morgan fingerprint density at radius 1 is 0.545 bits per heavy atom. The predicted octanol–water partition coefficient (Wildman–Crippen LogP) is -9.63. The Kier molecular flexibility index (Phi) is 16.0. The summed E-state index contributed by atoms with van der Waals surface area (Å²) >= 11 is 0. The lowest BCUT2D eigenvalue weighted by Gasteiger charge is -2.50. The van der Waals surface area contributed by atoms with E-state index in [1.54, 1.807) is 0 Å². The fourth-order valence-corrected chi connectivity index (χ4v) is 6.79. The maximum atomic E-state index is 12.3. The van der Waals surface area contributed by atoms with Gasteiger partial charge in [-0.3, -0.25) is 14.1 Å². The molecule has 0 spiro atoms. The maximum Gasteiger partial charge on any atom is 0.397 e. The first-order valence-electron chi connectivity index (χ1n) is 16.7. The van der Waals surface area contributed by atoms with Gasteiger partial charge in [0.25, 0.3) is 0 Å². The number of carbonyl (C=O) groups excluding carboxylic acids is 2. The normalized spacial score (nSPS) is 45.5. The third kappa shape index (κ3) is 10.8. The minimum atomic E-state index is -5.06. The van der Waals surface area contributed by atoms with Gasteiger partial charge in [0.2, 0.25) is 11.8 Å². The summed E-state index contributed by atoms with van der Waals surface area (Å²) in [5.41, 5.74) is 0. The van der Waals surface area contributed by atoms with Crippen LogP contribution >= 0.6 is 0 Å². The van der Waals surface area contributed by atoms with Crippen molar-refractivity contribution in [2.45, 2.75) is 137 Å². The highest BCUT2D eigenvalue weighted by molar-refractivity contribution is 7.80. The van der Waals surface area contributed by atoms with E-state index in [0.29, 0.717) is 0 Å². The first-order valence-corrected chi connectivity index (χ1v) is 18.1. The molecule has 4 heterocycles. The molecule has 4 fully saturated rings. The number of nitrogens with one attached hydrogen (secondary N) is 2. The molecule has 1 unspecified atom stereocenters. The Hall–Kier alpha value is -1.91. The summed E-state index contributed by atoms with van der Waals surface area (Å²) in [7, 11) is -5.06. The standard InChI is InChI=1S/C28H48N2O24S/c1-7(34)29-13-18(39)22(52-27-20(41)19(40)15(36)12(51-27)6-47-55(44,45)46)11(5-33)50-26(13)54-24-17(38)10(4-32)49-28(21(24)42)53-23-14(30-8(2)35)25(43)48-9(3-31)16(23)37/h9-28,31-33,36-43H,3-6H2,1-2H3,(H,29,34)(H,30,35)(H,44,45,46)/t9-,10-,11-,12-,13-,14-,15+,16+,17+,18-,19+,20-,21-,22-,23-,24+,25?,26+,27+,28+/m1/s1. The molecule has 4 aliphatic heterocycles. The van der Waals surface area contributed by atoms with Crippen LogP contribution in [0.4, 0.5) is 0 Å². The molecule has 0 aromatic carbocycles. The van der Waals surface area contributed by atoms with Crippen molar-refractivity contribution in [1.82, 2.24) is 10.6 Å². The lowest BCUT2D eigenvalue weighted by Crippen LogP contribution is -2.70. The molecule has 4 saturated heterocycles. The van der Waals surface area contributed by atoms with Crippen molar-refractivity contribution < 1.29 is 116 Å². The van der Waals surface area contributed by atoms with Gasteiger partial charge in [-0.25, -0.2) is 4.18 Å². The average molecular weight is 829 g/mol. The third-order valence-corrected chi connectivity index (χ3v) is 9.65. The van der Waals surface area contributed by atoms with Crippen molar-refractivity contribution in [3.05, 3.63) is 0 Å². The highest BCUT2D eigenvalue weighted by Gasteiger charge is 2.56. The van der Waals surface area contributed by atoms with Crippen molar-refractivity contribution in [1.29, 1.82) is 0 Å². The fourth-order valence-electron chi connectivity index (χ4n) is 6.48. The van der Waals surface area contributed by atoms with Crippen molar-refractivity contribution >= 4 is 22.2 Å². The van der Waals surface area contributed by atoms with Crippen LogP contribution in [0, 0.1) is 0 Å². The molecule has 0 aliphatic carbocycles. The van der Waals surface area contributed by atoms with Gasteiger partial charge in [-0.2, -0.15) is 8.42 Å². The van der Waals surface area contributed by atoms with Gasteiger partial charge in [-0.05, 0) is 0 Å². The van der Waals surface area contributed by atoms with E-state index in [1.165, 1.54) is 0 Å². The molecular formula is C28H48N2O24S. The molecule has 4 aliphatic rings. The number of aliphatic hydroxyl groups excluding tert-OH is 11. The van der Waals surface area contributed by atoms with Crippen LogP contribution in [0.2, 0.25) is 0 Å². The van der Waals surface area contributed by atoms with E-state index in [9.17, 15) is 74.2 Å². The zero-order chi connectivity index (χ0) is 41.1. The second-order valence-corrected chi connectivity index (χ2v) is 14.2. The topological polar surface area (TPSA) is 409 Å². The first kappa shape index (κ1) is 45.8. The molecule has 320 valence electrons. The molecule has 27 heteroatoms. The zero-order valence-corrected chi connectivity index (χ0v) is 29.9. The predicted molar refractivity (Wildman–Crippen MR) is 167 cm³/mol. The van der Waals surface area contributed by atoms with Gasteiger partial charge in [-0.1, -0.05) is 0 Å². The van der Waals surface area contributed by atoms with Crippen molar-refractivity contribution in [2.75, 3.05) is 26.4 Å². The van der Waals surface area contributed by atoms with E-state index >= 15 is 0 Å². The monoisotopic (exact) mass is 828 g/mol. The third-order valence-electron chi connectivity index (χ3n) is 9.21. The van der Waals surface area contributed by atoms with Gasteiger partial charge in [0.05, 0.1) is 26.4 Å². The molecule has 0 radical (unpaired) electrons. The average Bonchev–Trinajstić information content (AvgIpc) is 3.11. The molecule has 0 aromatic rings. The van der Waals surface area contributed by atoms with E-state index in [0.717, 1.165) is 13.8 Å². The second-order valence-electron chi connectivity index (χ2n) is 13.1. The minimum absolute atomic E-state index is 0.715. The van der Waals surface area contributed by atoms with Crippen LogP contribution in [0.25, 0.3) is 0 Å². The molecule has 0 aromatic heterocycles. The number of amides is 2. The smallest absolute Gasteiger partial charge is 0.394 e. The van der Waals surface area contributed by atoms with Gasteiger partial charge in [-0.15, -0.1) is 0 Å². The van der Waals surface area contributed by atoms with Crippen LogP contribution < -0.4 is 10.6 Å². The molecule has 14 N–H and O–H groups in total. The summed E-state index contributed by atoms with van der Waals surface area (Å²) in [6.45, 7) is -1.80.